The van der Waals surface area contributed by atoms with Crippen LogP contribution in [0.5, 0.6) is 0 Å². The van der Waals surface area contributed by atoms with Crippen LogP contribution in [0.1, 0.15) is 19.8 Å². The number of para-hydroxylation sites is 1. The van der Waals surface area contributed by atoms with Gasteiger partial charge in [0.1, 0.15) is 12.0 Å². The summed E-state index contributed by atoms with van der Waals surface area (Å²) in [5.74, 6) is 0.834. The van der Waals surface area contributed by atoms with Gasteiger partial charge in [-0.25, -0.2) is 9.67 Å². The number of unbranched alkanes of at least 4 members (excludes halogenated alkanes) is 1. The van der Waals surface area contributed by atoms with E-state index in [-0.39, 0.29) is 0 Å². The number of hydrogen-bond donors (Lipinski definition) is 1. The second kappa shape index (κ2) is 4.60. The first kappa shape index (κ1) is 11.0. The molecule has 1 N–H and O–H groups in total. The summed E-state index contributed by atoms with van der Waals surface area (Å²) < 4.78 is 1.92. The highest BCUT2D eigenvalue weighted by atomic mass is 15.3. The maximum absolute atomic E-state index is 4.36. The Balaban J connectivity index is 2.06. The Labute approximate surface area is 105 Å². The van der Waals surface area contributed by atoms with E-state index >= 15 is 0 Å². The van der Waals surface area contributed by atoms with E-state index in [1.54, 1.807) is 6.33 Å². The van der Waals surface area contributed by atoms with Crippen molar-refractivity contribution in [2.75, 3.05) is 0 Å². The fourth-order valence-electron chi connectivity index (χ4n) is 2.05. The zero-order valence-electron chi connectivity index (χ0n) is 10.3. The number of H-pyrrole nitrogens is 1. The van der Waals surface area contributed by atoms with Crippen LogP contribution in [0.4, 0.5) is 0 Å². The molecule has 0 aliphatic carbocycles. The van der Waals surface area contributed by atoms with Crippen molar-refractivity contribution in [2.24, 2.45) is 0 Å². The van der Waals surface area contributed by atoms with Crippen LogP contribution in [0.3, 0.4) is 0 Å². The van der Waals surface area contributed by atoms with Crippen molar-refractivity contribution in [3.63, 3.8) is 0 Å². The molecule has 1 aromatic carbocycles. The molecule has 0 aliphatic rings. The molecule has 2 aromatic heterocycles. The summed E-state index contributed by atoms with van der Waals surface area (Å²) in [6.07, 6.45) is 3.83. The van der Waals surface area contributed by atoms with Gasteiger partial charge in [-0.15, -0.1) is 0 Å². The van der Waals surface area contributed by atoms with E-state index in [0.29, 0.717) is 0 Å². The average Bonchev–Trinajstić information content (AvgIpc) is 3.02. The van der Waals surface area contributed by atoms with Gasteiger partial charge in [0, 0.05) is 11.9 Å². The van der Waals surface area contributed by atoms with E-state index in [1.807, 2.05) is 28.9 Å². The Bertz CT molecular complexity index is 652. The number of aryl methyl sites for hydroxylation is 1. The van der Waals surface area contributed by atoms with Gasteiger partial charge in [-0.3, -0.25) is 5.10 Å². The van der Waals surface area contributed by atoms with Gasteiger partial charge < -0.3 is 0 Å². The first-order chi connectivity index (χ1) is 8.90. The molecule has 0 saturated carbocycles. The molecule has 0 atom stereocenters. The molecule has 0 aliphatic heterocycles. The molecule has 2 heterocycles. The highest BCUT2D eigenvalue weighted by Crippen LogP contribution is 2.24. The highest BCUT2D eigenvalue weighted by Gasteiger charge is 2.13. The molecule has 0 amide bonds. The van der Waals surface area contributed by atoms with Gasteiger partial charge in [-0.05, 0) is 12.5 Å². The number of aromatic nitrogens is 5. The molecule has 3 aromatic rings. The molecular formula is C13H15N5. The highest BCUT2D eigenvalue weighted by molar-refractivity contribution is 5.90. The first-order valence-corrected chi connectivity index (χ1v) is 6.21. The predicted octanol–water partition coefficient (Wildman–Crippen LogP) is 2.62. The van der Waals surface area contributed by atoms with E-state index in [2.05, 4.69) is 27.2 Å². The molecule has 5 nitrogen and oxygen atoms in total. The van der Waals surface area contributed by atoms with E-state index in [1.165, 1.54) is 0 Å². The molecule has 3 rings (SSSR count). The lowest BCUT2D eigenvalue weighted by atomic mass is 10.2. The Hall–Kier alpha value is -2.17. The monoisotopic (exact) mass is 241 g/mol. The number of aromatic amines is 1. The van der Waals surface area contributed by atoms with Crippen molar-refractivity contribution in [3.05, 3.63) is 30.6 Å². The summed E-state index contributed by atoms with van der Waals surface area (Å²) in [7, 11) is 0. The smallest absolute Gasteiger partial charge is 0.179 e. The predicted molar refractivity (Wildman–Crippen MR) is 70.0 cm³/mol. The molecule has 0 bridgehead atoms. The first-order valence-electron chi connectivity index (χ1n) is 6.21. The summed E-state index contributed by atoms with van der Waals surface area (Å²) in [4.78, 5) is 4.33. The van der Waals surface area contributed by atoms with Crippen molar-refractivity contribution in [1.82, 2.24) is 25.0 Å². The van der Waals surface area contributed by atoms with Crippen molar-refractivity contribution in [1.29, 1.82) is 0 Å². The van der Waals surface area contributed by atoms with Crippen LogP contribution < -0.4 is 0 Å². The fraction of sp³-hybridized carbons (Fsp3) is 0.308. The summed E-state index contributed by atoms with van der Waals surface area (Å²) in [6.45, 7) is 3.05. The Morgan fingerprint density at radius 1 is 1.28 bits per heavy atom. The normalized spacial score (nSPS) is 11.2. The van der Waals surface area contributed by atoms with Crippen LogP contribution in [-0.2, 0) is 6.54 Å². The lowest BCUT2D eigenvalue weighted by molar-refractivity contribution is 0.575. The lowest BCUT2D eigenvalue weighted by Gasteiger charge is -2.02. The van der Waals surface area contributed by atoms with Gasteiger partial charge in [-0.1, -0.05) is 31.5 Å². The maximum atomic E-state index is 4.36. The molecule has 92 valence electrons. The minimum absolute atomic E-state index is 0.834. The van der Waals surface area contributed by atoms with Crippen LogP contribution in [0.25, 0.3) is 22.4 Å². The molecule has 5 heteroatoms. The molecule has 0 fully saturated rings. The van der Waals surface area contributed by atoms with E-state index in [4.69, 9.17) is 0 Å². The van der Waals surface area contributed by atoms with Gasteiger partial charge in [0.15, 0.2) is 5.82 Å². The molecule has 0 saturated heterocycles. The van der Waals surface area contributed by atoms with Crippen LogP contribution in [-0.4, -0.2) is 25.0 Å². The summed E-state index contributed by atoms with van der Waals surface area (Å²) in [5.41, 5.74) is 1.90. The SMILES string of the molecule is CCCCn1ncnc1-c1n[nH]c2ccccc12. The van der Waals surface area contributed by atoms with Crippen molar-refractivity contribution in [2.45, 2.75) is 26.3 Å². The number of benzene rings is 1. The molecular weight excluding hydrogens is 226 g/mol. The summed E-state index contributed by atoms with van der Waals surface area (Å²) in [5, 5.41) is 12.7. The average molecular weight is 241 g/mol. The van der Waals surface area contributed by atoms with E-state index in [0.717, 1.165) is 41.8 Å². The molecule has 0 radical (unpaired) electrons. The lowest BCUT2D eigenvalue weighted by Crippen LogP contribution is -2.02. The van der Waals surface area contributed by atoms with Gasteiger partial charge in [-0.2, -0.15) is 10.2 Å². The number of fused-ring (bicyclic) bond motifs is 1. The zero-order chi connectivity index (χ0) is 12.4. The standard InChI is InChI=1S/C13H15N5/c1-2-3-8-18-13(14-9-15-18)12-10-6-4-5-7-11(10)16-17-12/h4-7,9H,2-3,8H2,1H3,(H,16,17). The minimum Gasteiger partial charge on any atom is -0.277 e. The summed E-state index contributed by atoms with van der Waals surface area (Å²) >= 11 is 0. The molecule has 0 unspecified atom stereocenters. The zero-order valence-corrected chi connectivity index (χ0v) is 10.3. The topological polar surface area (TPSA) is 59.4 Å². The number of hydrogen-bond acceptors (Lipinski definition) is 3. The molecule has 0 spiro atoms. The fourth-order valence-corrected chi connectivity index (χ4v) is 2.05. The molecule has 18 heavy (non-hydrogen) atoms. The minimum atomic E-state index is 0.834. The Morgan fingerprint density at radius 3 is 3.06 bits per heavy atom. The van der Waals surface area contributed by atoms with Crippen LogP contribution in [0.15, 0.2) is 30.6 Å². The number of nitrogens with one attached hydrogen (secondary N) is 1. The van der Waals surface area contributed by atoms with Gasteiger partial charge in [0.25, 0.3) is 0 Å². The van der Waals surface area contributed by atoms with E-state index < -0.39 is 0 Å². The van der Waals surface area contributed by atoms with Gasteiger partial charge in [0.2, 0.25) is 0 Å². The number of nitrogens with zero attached hydrogens (tertiary/aromatic N) is 4. The maximum Gasteiger partial charge on any atom is 0.179 e. The van der Waals surface area contributed by atoms with Crippen LogP contribution >= 0.6 is 0 Å². The van der Waals surface area contributed by atoms with Gasteiger partial charge >= 0.3 is 0 Å². The van der Waals surface area contributed by atoms with E-state index in [9.17, 15) is 0 Å². The van der Waals surface area contributed by atoms with Crippen molar-refractivity contribution in [3.8, 4) is 11.5 Å². The Morgan fingerprint density at radius 2 is 2.17 bits per heavy atom. The van der Waals surface area contributed by atoms with Gasteiger partial charge in [0.05, 0.1) is 5.52 Å². The Kier molecular flexibility index (Phi) is 2.80. The largest absolute Gasteiger partial charge is 0.277 e. The second-order valence-electron chi connectivity index (χ2n) is 4.28. The third-order valence-corrected chi connectivity index (χ3v) is 3.02. The second-order valence-corrected chi connectivity index (χ2v) is 4.28. The van der Waals surface area contributed by atoms with Crippen molar-refractivity contribution >= 4 is 10.9 Å². The number of rotatable bonds is 4. The van der Waals surface area contributed by atoms with Crippen LogP contribution in [0.2, 0.25) is 0 Å². The van der Waals surface area contributed by atoms with Crippen molar-refractivity contribution < 1.29 is 0 Å². The van der Waals surface area contributed by atoms with Crippen LogP contribution in [0, 0.1) is 0 Å². The third kappa shape index (κ3) is 1.77. The summed E-state index contributed by atoms with van der Waals surface area (Å²) in [6, 6.07) is 8.06. The quantitative estimate of drug-likeness (QED) is 0.763. The third-order valence-electron chi connectivity index (χ3n) is 3.02.